The number of rotatable bonds is 15. The molecule has 3 unspecified atom stereocenters. The molecule has 0 heterocycles. The Balaban J connectivity index is 4.09. The Hall–Kier alpha value is -0.710. The number of hydrogen-bond acceptors (Lipinski definition) is 5. The molecule has 5 heteroatoms. The van der Waals surface area contributed by atoms with Gasteiger partial charge in [-0.1, -0.05) is 66.2 Å². The summed E-state index contributed by atoms with van der Waals surface area (Å²) >= 11 is 4.22. The fourth-order valence-electron chi connectivity index (χ4n) is 2.60. The van der Waals surface area contributed by atoms with Crippen molar-refractivity contribution in [3.05, 3.63) is 0 Å². The second kappa shape index (κ2) is 15.5. The minimum atomic E-state index is -0.744. The van der Waals surface area contributed by atoms with Gasteiger partial charge < -0.3 is 9.47 Å². The highest BCUT2D eigenvalue weighted by molar-refractivity contribution is 7.81. The summed E-state index contributed by atoms with van der Waals surface area (Å²) in [5.74, 6) is -0.00320. The van der Waals surface area contributed by atoms with E-state index in [1.165, 1.54) is 0 Å². The topological polar surface area (TPSA) is 52.6 Å². The average molecular weight is 375 g/mol. The van der Waals surface area contributed by atoms with Crippen molar-refractivity contribution in [3.63, 3.8) is 0 Å². The van der Waals surface area contributed by atoms with Crippen LogP contribution in [-0.4, -0.2) is 30.4 Å². The van der Waals surface area contributed by atoms with Crippen LogP contribution in [0.1, 0.15) is 85.5 Å². The Kier molecular flexibility index (Phi) is 15.1. The first-order valence-corrected chi connectivity index (χ1v) is 10.5. The molecular weight excluding hydrogens is 336 g/mol. The maximum absolute atomic E-state index is 12.0. The van der Waals surface area contributed by atoms with E-state index in [0.29, 0.717) is 25.0 Å². The molecule has 0 aliphatic heterocycles. The lowest BCUT2D eigenvalue weighted by Gasteiger charge is -2.17. The Labute approximate surface area is 159 Å². The number of esters is 2. The van der Waals surface area contributed by atoms with E-state index >= 15 is 0 Å². The molecule has 0 saturated carbocycles. The van der Waals surface area contributed by atoms with Crippen LogP contribution in [0.3, 0.4) is 0 Å². The molecule has 0 radical (unpaired) electrons. The van der Waals surface area contributed by atoms with Gasteiger partial charge in [0.2, 0.25) is 0 Å². The van der Waals surface area contributed by atoms with Crippen molar-refractivity contribution >= 4 is 24.6 Å². The van der Waals surface area contributed by atoms with Crippen molar-refractivity contribution < 1.29 is 19.1 Å². The van der Waals surface area contributed by atoms with Gasteiger partial charge in [-0.15, -0.1) is 0 Å². The van der Waals surface area contributed by atoms with Crippen LogP contribution in [0, 0.1) is 11.8 Å². The summed E-state index contributed by atoms with van der Waals surface area (Å²) in [5, 5.41) is -0.744. The molecule has 0 saturated heterocycles. The number of hydrogen-bond donors (Lipinski definition) is 1. The molecule has 148 valence electrons. The number of carbonyl (C=O) groups is 2. The summed E-state index contributed by atoms with van der Waals surface area (Å²) in [4.78, 5) is 23.9. The Morgan fingerprint density at radius 3 is 1.76 bits per heavy atom. The van der Waals surface area contributed by atoms with E-state index in [1.807, 2.05) is 0 Å². The monoisotopic (exact) mass is 374 g/mol. The zero-order valence-electron chi connectivity index (χ0n) is 16.6. The van der Waals surface area contributed by atoms with Gasteiger partial charge in [0.1, 0.15) is 5.25 Å². The molecule has 0 aromatic rings. The standard InChI is InChI=1S/C20H38O4S/c1-5-9-11-16(7-3)14-23-19(21)13-18(25)20(22)24-15-17(8-4)12-10-6-2/h16-18,25H,5-15H2,1-4H3. The predicted molar refractivity (Wildman–Crippen MR) is 106 cm³/mol. The number of ether oxygens (including phenoxy) is 2. The highest BCUT2D eigenvalue weighted by Crippen LogP contribution is 2.16. The Morgan fingerprint density at radius 2 is 1.32 bits per heavy atom. The Bertz CT molecular complexity index is 360. The van der Waals surface area contributed by atoms with Crippen molar-refractivity contribution in [1.29, 1.82) is 0 Å². The van der Waals surface area contributed by atoms with Crippen LogP contribution in [0.15, 0.2) is 0 Å². The number of thiol groups is 1. The van der Waals surface area contributed by atoms with Gasteiger partial charge in [0, 0.05) is 0 Å². The first kappa shape index (κ1) is 24.3. The van der Waals surface area contributed by atoms with Crippen LogP contribution in [0.2, 0.25) is 0 Å². The summed E-state index contributed by atoms with van der Waals surface area (Å²) in [6.07, 6.45) is 8.67. The van der Waals surface area contributed by atoms with Crippen molar-refractivity contribution in [2.75, 3.05) is 13.2 Å². The molecule has 0 aliphatic carbocycles. The highest BCUT2D eigenvalue weighted by atomic mass is 32.1. The van der Waals surface area contributed by atoms with Gasteiger partial charge in [-0.2, -0.15) is 12.6 Å². The van der Waals surface area contributed by atoms with E-state index in [2.05, 4.69) is 40.3 Å². The van der Waals surface area contributed by atoms with E-state index in [4.69, 9.17) is 9.47 Å². The third-order valence-electron chi connectivity index (χ3n) is 4.66. The quantitative estimate of drug-likeness (QED) is 0.316. The van der Waals surface area contributed by atoms with E-state index < -0.39 is 11.2 Å². The molecule has 0 spiro atoms. The van der Waals surface area contributed by atoms with Gasteiger partial charge in [-0.05, 0) is 24.7 Å². The second-order valence-corrected chi connectivity index (χ2v) is 7.49. The van der Waals surface area contributed by atoms with Gasteiger partial charge in [0.15, 0.2) is 0 Å². The highest BCUT2D eigenvalue weighted by Gasteiger charge is 2.22. The molecule has 0 aromatic heterocycles. The summed E-state index contributed by atoms with van der Waals surface area (Å²) in [7, 11) is 0. The lowest BCUT2D eigenvalue weighted by Crippen LogP contribution is -2.25. The molecule has 25 heavy (non-hydrogen) atoms. The first-order valence-electron chi connectivity index (χ1n) is 9.98. The normalized spacial score (nSPS) is 14.6. The molecule has 0 N–H and O–H groups in total. The van der Waals surface area contributed by atoms with Gasteiger partial charge in [-0.3, -0.25) is 9.59 Å². The SMILES string of the molecule is CCCCC(CC)COC(=O)CC(S)C(=O)OCC(CC)CCCC. The van der Waals surface area contributed by atoms with Crippen LogP contribution in [0.25, 0.3) is 0 Å². The lowest BCUT2D eigenvalue weighted by atomic mass is 10.0. The summed E-state index contributed by atoms with van der Waals surface area (Å²) in [6.45, 7) is 9.36. The molecule has 0 aliphatic rings. The van der Waals surface area contributed by atoms with Gasteiger partial charge >= 0.3 is 11.9 Å². The van der Waals surface area contributed by atoms with Crippen molar-refractivity contribution in [3.8, 4) is 0 Å². The largest absolute Gasteiger partial charge is 0.465 e. The van der Waals surface area contributed by atoms with Crippen molar-refractivity contribution in [2.45, 2.75) is 90.7 Å². The van der Waals surface area contributed by atoms with Gasteiger partial charge in [-0.25, -0.2) is 0 Å². The molecule has 0 bridgehead atoms. The van der Waals surface area contributed by atoms with Crippen LogP contribution >= 0.6 is 12.6 Å². The first-order chi connectivity index (χ1) is 12.0. The minimum Gasteiger partial charge on any atom is -0.465 e. The fraction of sp³-hybridized carbons (Fsp3) is 0.900. The maximum atomic E-state index is 12.0. The average Bonchev–Trinajstić information content (AvgIpc) is 2.61. The van der Waals surface area contributed by atoms with Crippen LogP contribution < -0.4 is 0 Å². The molecule has 0 amide bonds. The predicted octanol–water partition coefficient (Wildman–Crippen LogP) is 5.19. The van der Waals surface area contributed by atoms with E-state index in [1.54, 1.807) is 0 Å². The smallest absolute Gasteiger partial charge is 0.319 e. The van der Waals surface area contributed by atoms with Crippen LogP contribution in [0.4, 0.5) is 0 Å². The number of unbranched alkanes of at least 4 members (excludes halogenated alkanes) is 2. The van der Waals surface area contributed by atoms with Crippen LogP contribution in [0.5, 0.6) is 0 Å². The van der Waals surface area contributed by atoms with E-state index in [0.717, 1.165) is 51.4 Å². The van der Waals surface area contributed by atoms with E-state index in [9.17, 15) is 9.59 Å². The Morgan fingerprint density at radius 1 is 0.840 bits per heavy atom. The molecule has 4 nitrogen and oxygen atoms in total. The zero-order valence-corrected chi connectivity index (χ0v) is 17.5. The third-order valence-corrected chi connectivity index (χ3v) is 5.05. The molecular formula is C20H38O4S. The number of carbonyl (C=O) groups excluding carboxylic acids is 2. The van der Waals surface area contributed by atoms with E-state index in [-0.39, 0.29) is 12.4 Å². The van der Waals surface area contributed by atoms with Gasteiger partial charge in [0.25, 0.3) is 0 Å². The maximum Gasteiger partial charge on any atom is 0.319 e. The van der Waals surface area contributed by atoms with Gasteiger partial charge in [0.05, 0.1) is 19.6 Å². The lowest BCUT2D eigenvalue weighted by molar-refractivity contribution is -0.151. The zero-order chi connectivity index (χ0) is 19.1. The fourth-order valence-corrected chi connectivity index (χ4v) is 2.83. The minimum absolute atomic E-state index is 0.0299. The molecule has 3 atom stereocenters. The second-order valence-electron chi connectivity index (χ2n) is 6.87. The summed E-state index contributed by atoms with van der Waals surface area (Å²) in [5.41, 5.74) is 0. The van der Waals surface area contributed by atoms with Crippen LogP contribution in [-0.2, 0) is 19.1 Å². The summed E-state index contributed by atoms with van der Waals surface area (Å²) in [6, 6.07) is 0. The summed E-state index contributed by atoms with van der Waals surface area (Å²) < 4.78 is 10.6. The molecule has 0 aromatic carbocycles. The van der Waals surface area contributed by atoms with Crippen molar-refractivity contribution in [1.82, 2.24) is 0 Å². The third kappa shape index (κ3) is 12.3. The molecule has 0 rings (SSSR count). The van der Waals surface area contributed by atoms with Crippen molar-refractivity contribution in [2.24, 2.45) is 11.8 Å². The molecule has 0 fully saturated rings.